The van der Waals surface area contributed by atoms with Crippen LogP contribution in [0.1, 0.15) is 6.42 Å². The largest absolute Gasteiger partial charge is 3.00 e. The van der Waals surface area contributed by atoms with Crippen LogP contribution in [-0.4, -0.2) is 0 Å². The van der Waals surface area contributed by atoms with Gasteiger partial charge >= 0.3 is 21.7 Å². The Morgan fingerprint density at radius 2 is 1.14 bits per heavy atom. The normalized spacial score (nSPS) is 6.29. The second-order valence-corrected chi connectivity index (χ2v) is 1.00. The minimum Gasteiger partial charge on any atom is -1.00 e. The fourth-order valence-corrected chi connectivity index (χ4v) is 0.340. The maximum atomic E-state index is 2.99. The van der Waals surface area contributed by atoms with Crippen LogP contribution >= 0.6 is 0 Å². The van der Waals surface area contributed by atoms with E-state index in [1.807, 2.05) is 12.2 Å². The summed E-state index contributed by atoms with van der Waals surface area (Å²) in [6, 6.07) is 0. The minimum atomic E-state index is 0. The first-order chi connectivity index (χ1) is 2.50. The first-order valence-corrected chi connectivity index (χ1v) is 1.72. The standard InChI is InChI=1S/C5H5.5CH3.3ClH.Ti/c1-2-4-5-3-1;;;;;;;;;/h1-3H,4H2;5*1H3;3*1H;/q6*-1;;;;+3/p-3. The van der Waals surface area contributed by atoms with E-state index in [9.17, 15) is 0 Å². The summed E-state index contributed by atoms with van der Waals surface area (Å²) in [7, 11) is 0. The Bertz CT molecular complexity index is 73.4. The van der Waals surface area contributed by atoms with Crippen molar-refractivity contribution >= 4 is 0 Å². The molecule has 0 nitrogen and oxygen atoms in total. The Morgan fingerprint density at radius 3 is 1.21 bits per heavy atom. The second-order valence-electron chi connectivity index (χ2n) is 1.00. The van der Waals surface area contributed by atoms with Crippen molar-refractivity contribution in [2.75, 3.05) is 0 Å². The molecule has 1 aliphatic carbocycles. The number of hydrogen-bond acceptors (Lipinski definition) is 0. The quantitative estimate of drug-likeness (QED) is 0.309. The molecule has 0 atom stereocenters. The summed E-state index contributed by atoms with van der Waals surface area (Å²) in [5.41, 5.74) is 0. The maximum Gasteiger partial charge on any atom is 3.00 e. The van der Waals surface area contributed by atoms with Gasteiger partial charge in [-0.15, -0.1) is 6.42 Å². The molecule has 91 valence electrons. The molecule has 1 rings (SSSR count). The van der Waals surface area contributed by atoms with Gasteiger partial charge in [0.2, 0.25) is 0 Å². The summed E-state index contributed by atoms with van der Waals surface area (Å²) in [5, 5.41) is 0. The van der Waals surface area contributed by atoms with Gasteiger partial charge in [0.1, 0.15) is 0 Å². The first kappa shape index (κ1) is 81.0. The van der Waals surface area contributed by atoms with E-state index in [2.05, 4.69) is 12.2 Å². The average Bonchev–Trinajstić information content (AvgIpc) is 1.76. The van der Waals surface area contributed by atoms with E-state index in [0.29, 0.717) is 0 Å². The molecule has 0 aromatic rings. The van der Waals surface area contributed by atoms with Crippen molar-refractivity contribution in [3.05, 3.63) is 61.4 Å². The third kappa shape index (κ3) is 51.7. The number of hydrogen-bond donors (Lipinski definition) is 0. The molecule has 0 bridgehead atoms. The predicted octanol–water partition coefficient (Wildman–Crippen LogP) is -5.43. The van der Waals surface area contributed by atoms with Gasteiger partial charge in [0, 0.05) is 0 Å². The SMILES string of the molecule is [C-]1=CC=CC1.[CH3-].[CH3-].[CH3-].[CH3-].[CH3-].[Cl-].[Cl-].[Cl-].[Ti+3]. The van der Waals surface area contributed by atoms with Crippen LogP contribution in [0.15, 0.2) is 18.2 Å². The van der Waals surface area contributed by atoms with E-state index in [0.717, 1.165) is 6.42 Å². The van der Waals surface area contributed by atoms with E-state index >= 15 is 0 Å². The van der Waals surface area contributed by atoms with Crippen molar-refractivity contribution in [3.8, 4) is 0 Å². The third-order valence-corrected chi connectivity index (χ3v) is 0.586. The van der Waals surface area contributed by atoms with Crippen LogP contribution in [0.3, 0.4) is 0 Å². The van der Waals surface area contributed by atoms with Gasteiger partial charge in [-0.25, -0.2) is 12.2 Å². The van der Waals surface area contributed by atoms with Gasteiger partial charge in [-0.05, 0) is 0 Å². The van der Waals surface area contributed by atoms with Crippen molar-refractivity contribution < 1.29 is 58.9 Å². The van der Waals surface area contributed by atoms with E-state index in [4.69, 9.17) is 0 Å². The molecular weight excluding hydrogens is 274 g/mol. The summed E-state index contributed by atoms with van der Waals surface area (Å²) < 4.78 is 0. The van der Waals surface area contributed by atoms with Gasteiger partial charge in [0.25, 0.3) is 0 Å². The van der Waals surface area contributed by atoms with E-state index < -0.39 is 0 Å². The van der Waals surface area contributed by atoms with Crippen LogP contribution in [0.4, 0.5) is 0 Å². The smallest absolute Gasteiger partial charge is 1.00 e. The summed E-state index contributed by atoms with van der Waals surface area (Å²) >= 11 is 0. The molecule has 14 heavy (non-hydrogen) atoms. The Labute approximate surface area is 126 Å². The molecule has 1 aliphatic rings. The number of allylic oxidation sites excluding steroid dienone is 4. The van der Waals surface area contributed by atoms with Gasteiger partial charge in [-0.2, -0.15) is 6.08 Å². The minimum absolute atomic E-state index is 0. The van der Waals surface area contributed by atoms with Crippen molar-refractivity contribution in [3.63, 3.8) is 0 Å². The zero-order valence-corrected chi connectivity index (χ0v) is 13.4. The van der Waals surface area contributed by atoms with E-state index in [-0.39, 0.29) is 96.1 Å². The molecule has 1 radical (unpaired) electrons. The zero-order chi connectivity index (χ0) is 3.54. The van der Waals surface area contributed by atoms with Gasteiger partial charge < -0.3 is 74.4 Å². The van der Waals surface area contributed by atoms with Gasteiger partial charge in [-0.3, -0.25) is 6.08 Å². The molecule has 4 heteroatoms. The van der Waals surface area contributed by atoms with Crippen LogP contribution in [0, 0.1) is 43.2 Å². The van der Waals surface area contributed by atoms with Crippen LogP contribution in [0.2, 0.25) is 0 Å². The Balaban J connectivity index is -0.00000000397. The number of halogens is 3. The van der Waals surface area contributed by atoms with Crippen LogP contribution in [0.5, 0.6) is 0 Å². The van der Waals surface area contributed by atoms with Crippen LogP contribution < -0.4 is 37.2 Å². The average molecular weight is 294 g/mol. The Morgan fingerprint density at radius 1 is 0.786 bits per heavy atom. The maximum absolute atomic E-state index is 2.99. The molecule has 0 aliphatic heterocycles. The molecule has 0 heterocycles. The summed E-state index contributed by atoms with van der Waals surface area (Å²) in [6.45, 7) is 0. The van der Waals surface area contributed by atoms with Crippen LogP contribution in [-0.2, 0) is 21.7 Å². The fourth-order valence-electron chi connectivity index (χ4n) is 0.340. The molecule has 0 aromatic carbocycles. The topological polar surface area (TPSA) is 0 Å². The predicted molar refractivity (Wildman–Crippen MR) is 53.6 cm³/mol. The zero-order valence-electron chi connectivity index (χ0n) is 9.57. The number of rotatable bonds is 0. The van der Waals surface area contributed by atoms with E-state index in [1.54, 1.807) is 0 Å². The third-order valence-electron chi connectivity index (χ3n) is 0.586. The molecule has 0 spiro atoms. The van der Waals surface area contributed by atoms with E-state index in [1.165, 1.54) is 0 Å². The molecule has 0 unspecified atom stereocenters. The summed E-state index contributed by atoms with van der Waals surface area (Å²) in [5.74, 6) is 0. The van der Waals surface area contributed by atoms with Crippen LogP contribution in [0.25, 0.3) is 0 Å². The Hall–Kier alpha value is 1.06. The molecule has 0 saturated carbocycles. The summed E-state index contributed by atoms with van der Waals surface area (Å²) in [4.78, 5) is 0. The second kappa shape index (κ2) is 65.3. The van der Waals surface area contributed by atoms with Crippen molar-refractivity contribution in [1.82, 2.24) is 0 Å². The fraction of sp³-hybridized carbons (Fsp3) is 0.100. The summed E-state index contributed by atoms with van der Waals surface area (Å²) in [6.07, 6.45) is 10.0. The molecule has 0 N–H and O–H groups in total. The first-order valence-electron chi connectivity index (χ1n) is 1.72. The molecular formula is C10H20Cl3Ti-6. The molecule has 0 fully saturated rings. The Kier molecular flexibility index (Phi) is 378. The monoisotopic (exact) mass is 293 g/mol. The molecule has 0 saturated heterocycles. The molecule has 0 amide bonds. The van der Waals surface area contributed by atoms with Gasteiger partial charge in [0.05, 0.1) is 0 Å². The van der Waals surface area contributed by atoms with Crippen molar-refractivity contribution in [1.29, 1.82) is 0 Å². The van der Waals surface area contributed by atoms with Crippen molar-refractivity contribution in [2.24, 2.45) is 0 Å². The van der Waals surface area contributed by atoms with Gasteiger partial charge in [0.15, 0.2) is 0 Å². The van der Waals surface area contributed by atoms with Crippen molar-refractivity contribution in [2.45, 2.75) is 6.42 Å². The van der Waals surface area contributed by atoms with Gasteiger partial charge in [-0.1, -0.05) is 0 Å². The molecule has 0 aromatic heterocycles.